The van der Waals surface area contributed by atoms with Gasteiger partial charge in [0.15, 0.2) is 0 Å². The zero-order valence-corrected chi connectivity index (χ0v) is 23.3. The summed E-state index contributed by atoms with van der Waals surface area (Å²) >= 11 is 2.09. The van der Waals surface area contributed by atoms with Gasteiger partial charge in [-0.3, -0.25) is 9.78 Å². The molecule has 1 heterocycles. The van der Waals surface area contributed by atoms with E-state index in [2.05, 4.69) is 43.5 Å². The Labute approximate surface area is 245 Å². The molecular formula is C29H22F5IN4O2. The molecule has 0 saturated carbocycles. The van der Waals surface area contributed by atoms with Gasteiger partial charge in [-0.25, -0.2) is 13.6 Å². The third-order valence-electron chi connectivity index (χ3n) is 6.03. The molecule has 0 unspecified atom stereocenters. The Morgan fingerprint density at radius 1 is 0.780 bits per heavy atom. The summed E-state index contributed by atoms with van der Waals surface area (Å²) in [6, 6.07) is 17.0. The molecule has 0 spiro atoms. The van der Waals surface area contributed by atoms with Gasteiger partial charge in [0.2, 0.25) is 5.91 Å². The lowest BCUT2D eigenvalue weighted by molar-refractivity contribution is -0.137. The first kappa shape index (κ1) is 29.9. The normalized spacial score (nSPS) is 12.7. The van der Waals surface area contributed by atoms with E-state index in [0.717, 1.165) is 23.8 Å². The number of carbonyl (C=O) groups excluding carboxylic acids is 2. The molecule has 0 bridgehead atoms. The maximum atomic E-state index is 14.7. The van der Waals surface area contributed by atoms with Gasteiger partial charge >= 0.3 is 12.2 Å². The van der Waals surface area contributed by atoms with Crippen molar-refractivity contribution >= 4 is 45.9 Å². The van der Waals surface area contributed by atoms with E-state index in [9.17, 15) is 31.5 Å². The van der Waals surface area contributed by atoms with Crippen LogP contribution in [0.15, 0.2) is 91.1 Å². The number of para-hydroxylation sites is 1. The Balaban J connectivity index is 1.87. The van der Waals surface area contributed by atoms with Crippen LogP contribution in [-0.2, 0) is 20.9 Å². The van der Waals surface area contributed by atoms with Gasteiger partial charge in [0, 0.05) is 22.0 Å². The molecule has 3 aromatic carbocycles. The second kappa shape index (κ2) is 12.6. The van der Waals surface area contributed by atoms with Crippen molar-refractivity contribution in [2.24, 2.45) is 0 Å². The fourth-order valence-corrected chi connectivity index (χ4v) is 4.62. The van der Waals surface area contributed by atoms with Gasteiger partial charge in [0.1, 0.15) is 17.2 Å². The van der Waals surface area contributed by atoms with Crippen LogP contribution in [0.5, 0.6) is 0 Å². The number of anilines is 2. The molecule has 1 aromatic heterocycles. The monoisotopic (exact) mass is 680 g/mol. The molecule has 0 aliphatic carbocycles. The van der Waals surface area contributed by atoms with Crippen LogP contribution < -0.4 is 16.0 Å². The summed E-state index contributed by atoms with van der Waals surface area (Å²) < 4.78 is 70.4. The molecule has 0 aliphatic heterocycles. The Morgan fingerprint density at radius 3 is 2.12 bits per heavy atom. The number of benzene rings is 3. The lowest BCUT2D eigenvalue weighted by Crippen LogP contribution is -2.51. The van der Waals surface area contributed by atoms with E-state index in [4.69, 9.17) is 0 Å². The van der Waals surface area contributed by atoms with E-state index < -0.39 is 47.3 Å². The van der Waals surface area contributed by atoms with Crippen molar-refractivity contribution in [3.05, 3.63) is 125 Å². The quantitative estimate of drug-likeness (QED) is 0.103. The van der Waals surface area contributed by atoms with E-state index in [1.54, 1.807) is 36.4 Å². The molecule has 6 nitrogen and oxygen atoms in total. The first-order chi connectivity index (χ1) is 19.5. The van der Waals surface area contributed by atoms with Crippen molar-refractivity contribution in [2.75, 3.05) is 10.6 Å². The average Bonchev–Trinajstić information content (AvgIpc) is 2.92. The SMILES string of the molecule is O=C(C[C@](NC(=O)Nc1cccc(F)c1)(c1cc(F)cc(C(F)(F)F)c1)c1ccc(CI)cn1)Nc1ccccc1. The van der Waals surface area contributed by atoms with E-state index >= 15 is 0 Å². The third kappa shape index (κ3) is 7.57. The lowest BCUT2D eigenvalue weighted by Gasteiger charge is -2.35. The molecule has 0 saturated heterocycles. The number of urea groups is 1. The summed E-state index contributed by atoms with van der Waals surface area (Å²) in [7, 11) is 0. The highest BCUT2D eigenvalue weighted by atomic mass is 127. The van der Waals surface area contributed by atoms with Crippen molar-refractivity contribution < 1.29 is 31.5 Å². The Bertz CT molecular complexity index is 1530. The molecule has 4 rings (SSSR count). The van der Waals surface area contributed by atoms with E-state index in [1.165, 1.54) is 24.4 Å². The number of nitrogens with one attached hydrogen (secondary N) is 3. The zero-order chi connectivity index (χ0) is 29.6. The summed E-state index contributed by atoms with van der Waals surface area (Å²) in [5.74, 6) is -2.59. The van der Waals surface area contributed by atoms with Crippen molar-refractivity contribution in [3.8, 4) is 0 Å². The predicted molar refractivity (Wildman–Crippen MR) is 152 cm³/mol. The molecule has 3 amide bonds. The van der Waals surface area contributed by atoms with Crippen molar-refractivity contribution in [3.63, 3.8) is 0 Å². The highest BCUT2D eigenvalue weighted by Crippen LogP contribution is 2.38. The molecule has 3 N–H and O–H groups in total. The topological polar surface area (TPSA) is 83.1 Å². The number of aromatic nitrogens is 1. The number of carbonyl (C=O) groups is 2. The van der Waals surface area contributed by atoms with Gasteiger partial charge in [0.25, 0.3) is 0 Å². The lowest BCUT2D eigenvalue weighted by atomic mass is 9.81. The molecular weight excluding hydrogens is 658 g/mol. The fourth-order valence-electron chi connectivity index (χ4n) is 4.17. The Morgan fingerprint density at radius 2 is 1.49 bits per heavy atom. The van der Waals surface area contributed by atoms with Crippen LogP contribution in [0.2, 0.25) is 0 Å². The van der Waals surface area contributed by atoms with Crippen LogP contribution in [0, 0.1) is 11.6 Å². The van der Waals surface area contributed by atoms with Crippen LogP contribution in [0.4, 0.5) is 38.1 Å². The second-order valence-corrected chi connectivity index (χ2v) is 9.76. The maximum Gasteiger partial charge on any atom is 0.416 e. The minimum Gasteiger partial charge on any atom is -0.326 e. The average molecular weight is 680 g/mol. The molecule has 1 atom stereocenters. The van der Waals surface area contributed by atoms with Crippen molar-refractivity contribution in [2.45, 2.75) is 22.6 Å². The van der Waals surface area contributed by atoms with Crippen molar-refractivity contribution in [1.82, 2.24) is 10.3 Å². The summed E-state index contributed by atoms with van der Waals surface area (Å²) in [6.45, 7) is 0. The standard InChI is InChI=1S/C29H22F5IN4O2/c30-21-5-4-8-24(14-21)38-27(41)39-28(25-10-9-18(16-35)17-36-25,15-26(40)37-23-6-2-1-3-7-23)19-11-20(29(32,33)34)13-22(31)12-19/h1-14,17H,15-16H2,(H,37,40)(H2,38,39,41)/t28-/m0/s1. The molecule has 12 heteroatoms. The van der Waals surface area contributed by atoms with Gasteiger partial charge in [-0.1, -0.05) is 52.9 Å². The number of pyridine rings is 1. The van der Waals surface area contributed by atoms with Gasteiger partial charge in [0.05, 0.1) is 17.7 Å². The molecule has 212 valence electrons. The largest absolute Gasteiger partial charge is 0.416 e. The van der Waals surface area contributed by atoms with Crippen LogP contribution in [0.3, 0.4) is 0 Å². The van der Waals surface area contributed by atoms with E-state index in [1.807, 2.05) is 0 Å². The van der Waals surface area contributed by atoms with Gasteiger partial charge in [-0.15, -0.1) is 0 Å². The summed E-state index contributed by atoms with van der Waals surface area (Å²) in [5, 5.41) is 7.62. The van der Waals surface area contributed by atoms with Crippen LogP contribution in [0.25, 0.3) is 0 Å². The number of nitrogens with zero attached hydrogens (tertiary/aromatic N) is 1. The molecule has 0 radical (unpaired) electrons. The first-order valence-electron chi connectivity index (χ1n) is 12.1. The molecule has 0 aliphatic rings. The minimum absolute atomic E-state index is 0.0255. The smallest absolute Gasteiger partial charge is 0.326 e. The molecule has 41 heavy (non-hydrogen) atoms. The van der Waals surface area contributed by atoms with Crippen LogP contribution >= 0.6 is 22.6 Å². The highest BCUT2D eigenvalue weighted by Gasteiger charge is 2.42. The fraction of sp³-hybridized carbons (Fsp3) is 0.138. The van der Waals surface area contributed by atoms with E-state index in [0.29, 0.717) is 22.2 Å². The number of halogens is 6. The number of amides is 3. The zero-order valence-electron chi connectivity index (χ0n) is 21.1. The Kier molecular flexibility index (Phi) is 9.21. The van der Waals surface area contributed by atoms with Gasteiger partial charge in [-0.05, 0) is 65.7 Å². The van der Waals surface area contributed by atoms with E-state index in [-0.39, 0.29) is 16.9 Å². The molecule has 0 fully saturated rings. The Hall–Kier alpha value is -4.07. The highest BCUT2D eigenvalue weighted by molar-refractivity contribution is 14.1. The first-order valence-corrected chi connectivity index (χ1v) is 13.6. The molecule has 4 aromatic rings. The van der Waals surface area contributed by atoms with Gasteiger partial charge in [-0.2, -0.15) is 13.2 Å². The maximum absolute atomic E-state index is 14.7. The number of hydrogen-bond acceptors (Lipinski definition) is 3. The van der Waals surface area contributed by atoms with Crippen molar-refractivity contribution in [1.29, 1.82) is 0 Å². The minimum atomic E-state index is -4.93. The van der Waals surface area contributed by atoms with Crippen LogP contribution in [0.1, 0.15) is 28.8 Å². The third-order valence-corrected chi connectivity index (χ3v) is 6.91. The number of rotatable bonds is 8. The predicted octanol–water partition coefficient (Wildman–Crippen LogP) is 7.41. The summed E-state index contributed by atoms with van der Waals surface area (Å²) in [6.07, 6.45) is -4.16. The van der Waals surface area contributed by atoms with Crippen LogP contribution in [-0.4, -0.2) is 16.9 Å². The number of hydrogen-bond donors (Lipinski definition) is 3. The summed E-state index contributed by atoms with van der Waals surface area (Å²) in [5.41, 5.74) is -2.64. The number of alkyl halides is 4. The van der Waals surface area contributed by atoms with Gasteiger partial charge < -0.3 is 16.0 Å². The summed E-state index contributed by atoms with van der Waals surface area (Å²) in [4.78, 5) is 31.0. The second-order valence-electron chi connectivity index (χ2n) is 9.00.